The minimum atomic E-state index is -1.02. The highest BCUT2D eigenvalue weighted by atomic mass is 19.1. The van der Waals surface area contributed by atoms with E-state index < -0.39 is 11.7 Å². The summed E-state index contributed by atoms with van der Waals surface area (Å²) in [5.74, 6) is 0.589. The van der Waals surface area contributed by atoms with Gasteiger partial charge < -0.3 is 9.63 Å². The zero-order chi connectivity index (χ0) is 17.5. The fourth-order valence-corrected chi connectivity index (χ4v) is 3.22. The van der Waals surface area contributed by atoms with Crippen molar-refractivity contribution in [3.8, 4) is 11.7 Å². The van der Waals surface area contributed by atoms with Gasteiger partial charge in [0.1, 0.15) is 11.2 Å². The van der Waals surface area contributed by atoms with Gasteiger partial charge in [0, 0.05) is 5.39 Å². The molecule has 1 N–H and O–H groups in total. The lowest BCUT2D eigenvalue weighted by molar-refractivity contribution is 0.137. The summed E-state index contributed by atoms with van der Waals surface area (Å²) in [5.41, 5.74) is 0.559. The van der Waals surface area contributed by atoms with Gasteiger partial charge in [0.2, 0.25) is 11.6 Å². The van der Waals surface area contributed by atoms with Crippen LogP contribution in [0.15, 0.2) is 35.0 Å². The van der Waals surface area contributed by atoms with Gasteiger partial charge in [-0.05, 0) is 25.0 Å². The molecule has 6 rings (SSSR count). The molecule has 5 aromatic rings. The van der Waals surface area contributed by atoms with Crippen LogP contribution >= 0.6 is 0 Å². The van der Waals surface area contributed by atoms with Crippen molar-refractivity contribution < 1.29 is 14.0 Å². The first kappa shape index (κ1) is 13.8. The Morgan fingerprint density at radius 2 is 2.00 bits per heavy atom. The Hall–Kier alpha value is -3.40. The number of halogens is 1. The second kappa shape index (κ2) is 4.41. The Morgan fingerprint density at radius 1 is 1.15 bits per heavy atom. The third-order valence-electron chi connectivity index (χ3n) is 4.74. The van der Waals surface area contributed by atoms with Gasteiger partial charge >= 0.3 is 0 Å². The van der Waals surface area contributed by atoms with Gasteiger partial charge in [-0.3, -0.25) is 8.80 Å². The molecule has 0 amide bonds. The molecule has 1 aliphatic rings. The first-order valence-corrected chi connectivity index (χ1v) is 8.01. The monoisotopic (exact) mass is 351 g/mol. The van der Waals surface area contributed by atoms with E-state index in [2.05, 4.69) is 25.3 Å². The Kier molecular flexibility index (Phi) is 2.35. The van der Waals surface area contributed by atoms with Crippen LogP contribution in [0.5, 0.6) is 0 Å². The van der Waals surface area contributed by atoms with E-state index in [4.69, 9.17) is 4.52 Å². The Labute approximate surface area is 143 Å². The summed E-state index contributed by atoms with van der Waals surface area (Å²) >= 11 is 0. The maximum absolute atomic E-state index is 14.3. The fraction of sp³-hybridized carbons (Fsp3) is 0.188. The van der Waals surface area contributed by atoms with E-state index in [1.807, 2.05) is 18.2 Å². The Balaban J connectivity index is 1.72. The van der Waals surface area contributed by atoms with E-state index in [9.17, 15) is 9.50 Å². The number of hydrogen-bond acceptors (Lipinski definition) is 7. The van der Waals surface area contributed by atoms with Crippen molar-refractivity contribution in [1.82, 2.24) is 34.1 Å². The molecule has 9 nitrogen and oxygen atoms in total. The predicted molar refractivity (Wildman–Crippen MR) is 85.6 cm³/mol. The molecule has 1 aromatic carbocycles. The number of rotatable bonds is 2. The quantitative estimate of drug-likeness (QED) is 0.516. The highest BCUT2D eigenvalue weighted by molar-refractivity contribution is 5.94. The van der Waals surface area contributed by atoms with Gasteiger partial charge in [0.05, 0.1) is 11.7 Å². The molecule has 0 saturated heterocycles. The largest absolute Gasteiger partial charge is 0.382 e. The maximum atomic E-state index is 14.3. The normalized spacial score (nSPS) is 16.1. The molecule has 0 atom stereocenters. The number of aromatic nitrogens is 7. The highest BCUT2D eigenvalue weighted by Crippen LogP contribution is 2.44. The van der Waals surface area contributed by atoms with Crippen LogP contribution in [0, 0.1) is 6.08 Å². The molecular formula is C16H10FN7O2. The molecule has 4 aromatic heterocycles. The van der Waals surface area contributed by atoms with Crippen molar-refractivity contribution in [3.63, 3.8) is 0 Å². The number of benzene rings is 1. The van der Waals surface area contributed by atoms with E-state index in [1.165, 1.54) is 10.6 Å². The van der Waals surface area contributed by atoms with Crippen molar-refractivity contribution in [2.24, 2.45) is 0 Å². The third-order valence-corrected chi connectivity index (χ3v) is 4.74. The third kappa shape index (κ3) is 1.63. The molecule has 10 heteroatoms. The van der Waals surface area contributed by atoms with Gasteiger partial charge in [0.15, 0.2) is 5.65 Å². The molecule has 0 spiro atoms. The van der Waals surface area contributed by atoms with E-state index in [1.54, 1.807) is 10.5 Å². The minimum Gasteiger partial charge on any atom is -0.382 e. The molecule has 1 fully saturated rings. The number of imidazole rings is 1. The number of nitrogens with zero attached hydrogens (tertiary/aromatic N) is 7. The Morgan fingerprint density at radius 3 is 2.85 bits per heavy atom. The molecule has 0 unspecified atom stereocenters. The van der Waals surface area contributed by atoms with Crippen molar-refractivity contribution in [2.45, 2.75) is 18.4 Å². The average molecular weight is 351 g/mol. The minimum absolute atomic E-state index is 0.103. The second-order valence-electron chi connectivity index (χ2n) is 6.38. The standard InChI is InChI=1S/C16H10FN7O2/c17-15-18-7-10-23(15)9-4-2-1-3-8(9)11-20-21-12(24(10)11)13-19-14(22-26-13)16(25)5-6-16/h1-4,7,25H,5-6H2. The summed E-state index contributed by atoms with van der Waals surface area (Å²) in [7, 11) is 0. The molecule has 0 radical (unpaired) electrons. The SMILES string of the molecule is OC1(c2noc(-c3nnc4c5ccccc5n5c(F)ncc5n34)n2)CC1. The molecular weight excluding hydrogens is 341 g/mol. The molecule has 128 valence electrons. The molecule has 0 aliphatic heterocycles. The van der Waals surface area contributed by atoms with E-state index in [0.717, 1.165) is 0 Å². The summed E-state index contributed by atoms with van der Waals surface area (Å²) in [5, 5.41) is 23.1. The molecule has 0 bridgehead atoms. The van der Waals surface area contributed by atoms with Gasteiger partial charge in [-0.15, -0.1) is 10.2 Å². The lowest BCUT2D eigenvalue weighted by Gasteiger charge is -2.06. The second-order valence-corrected chi connectivity index (χ2v) is 6.38. The van der Waals surface area contributed by atoms with E-state index in [-0.39, 0.29) is 17.5 Å². The van der Waals surface area contributed by atoms with Crippen LogP contribution in [-0.2, 0) is 5.60 Å². The van der Waals surface area contributed by atoms with Crippen molar-refractivity contribution in [2.75, 3.05) is 0 Å². The number of hydrogen-bond donors (Lipinski definition) is 1. The predicted octanol–water partition coefficient (Wildman–Crippen LogP) is 1.70. The molecule has 4 heterocycles. The summed E-state index contributed by atoms with van der Waals surface area (Å²) in [4.78, 5) is 8.03. The lowest BCUT2D eigenvalue weighted by atomic mass is 10.2. The summed E-state index contributed by atoms with van der Waals surface area (Å²) < 4.78 is 22.6. The first-order chi connectivity index (χ1) is 12.7. The van der Waals surface area contributed by atoms with Gasteiger partial charge in [0.25, 0.3) is 12.0 Å². The fourth-order valence-electron chi connectivity index (χ4n) is 3.22. The molecule has 1 saturated carbocycles. The number of fused-ring (bicyclic) bond motifs is 6. The number of para-hydroxylation sites is 1. The lowest BCUT2D eigenvalue weighted by Crippen LogP contribution is -2.06. The zero-order valence-corrected chi connectivity index (χ0v) is 13.2. The van der Waals surface area contributed by atoms with Crippen LogP contribution in [-0.4, -0.2) is 39.2 Å². The van der Waals surface area contributed by atoms with Crippen LogP contribution in [0.3, 0.4) is 0 Å². The summed E-state index contributed by atoms with van der Waals surface area (Å²) in [6, 6.07) is 7.27. The van der Waals surface area contributed by atoms with Gasteiger partial charge in [-0.25, -0.2) is 4.98 Å². The van der Waals surface area contributed by atoms with Crippen molar-refractivity contribution >= 4 is 22.2 Å². The zero-order valence-electron chi connectivity index (χ0n) is 13.2. The van der Waals surface area contributed by atoms with Crippen LogP contribution in [0.2, 0.25) is 0 Å². The van der Waals surface area contributed by atoms with E-state index in [0.29, 0.717) is 35.0 Å². The van der Waals surface area contributed by atoms with Crippen LogP contribution in [0.25, 0.3) is 33.9 Å². The van der Waals surface area contributed by atoms with Crippen molar-refractivity contribution in [3.05, 3.63) is 42.4 Å². The average Bonchev–Trinajstić information content (AvgIpc) is 3.06. The molecule has 26 heavy (non-hydrogen) atoms. The van der Waals surface area contributed by atoms with Crippen molar-refractivity contribution in [1.29, 1.82) is 0 Å². The van der Waals surface area contributed by atoms with Crippen LogP contribution < -0.4 is 0 Å². The maximum Gasteiger partial charge on any atom is 0.296 e. The molecule has 1 aliphatic carbocycles. The summed E-state index contributed by atoms with van der Waals surface area (Å²) in [6.45, 7) is 0. The summed E-state index contributed by atoms with van der Waals surface area (Å²) in [6.07, 6.45) is 1.94. The van der Waals surface area contributed by atoms with Gasteiger partial charge in [-0.1, -0.05) is 17.3 Å². The number of aliphatic hydroxyl groups is 1. The smallest absolute Gasteiger partial charge is 0.296 e. The van der Waals surface area contributed by atoms with Crippen LogP contribution in [0.1, 0.15) is 18.7 Å². The van der Waals surface area contributed by atoms with E-state index >= 15 is 0 Å². The Bertz CT molecular complexity index is 1330. The first-order valence-electron chi connectivity index (χ1n) is 8.01. The van der Waals surface area contributed by atoms with Crippen LogP contribution in [0.4, 0.5) is 4.39 Å². The highest BCUT2D eigenvalue weighted by Gasteiger charge is 2.47. The topological polar surface area (TPSA) is 107 Å². The van der Waals surface area contributed by atoms with Gasteiger partial charge in [-0.2, -0.15) is 9.37 Å².